The molecule has 0 radical (unpaired) electrons. The van der Waals surface area contributed by atoms with Crippen molar-refractivity contribution in [3.05, 3.63) is 12.3 Å². The minimum atomic E-state index is -0.480. The molecule has 17 heavy (non-hydrogen) atoms. The minimum absolute atomic E-state index is 0.208. The van der Waals surface area contributed by atoms with Gasteiger partial charge in [0, 0.05) is 6.61 Å². The monoisotopic (exact) mass is 242 g/mol. The number of hydrogen-bond donors (Lipinski definition) is 0. The predicted octanol–water partition coefficient (Wildman–Crippen LogP) is 3.68. The van der Waals surface area contributed by atoms with Gasteiger partial charge < -0.3 is 9.47 Å². The maximum atomic E-state index is 11.9. The van der Waals surface area contributed by atoms with E-state index in [4.69, 9.17) is 9.47 Å². The zero-order chi connectivity index (χ0) is 13.5. The fraction of sp³-hybridized carbons (Fsp3) is 0.786. The van der Waals surface area contributed by atoms with E-state index in [0.717, 1.165) is 12.8 Å². The maximum Gasteiger partial charge on any atom is 0.316 e. The largest absolute Gasteiger partial charge is 0.432 e. The van der Waals surface area contributed by atoms with Crippen molar-refractivity contribution in [2.75, 3.05) is 6.61 Å². The standard InChI is InChI=1S/C14H26O3/c1-7-12(5)16-10-9-14(6,8-2)13(15)17-11(3)4/h12H,3,7-10H2,1-2,4-6H3/t12?,14-/m1/s1. The highest BCUT2D eigenvalue weighted by molar-refractivity contribution is 5.77. The zero-order valence-corrected chi connectivity index (χ0v) is 11.8. The molecule has 0 bridgehead atoms. The number of rotatable bonds is 8. The summed E-state index contributed by atoms with van der Waals surface area (Å²) >= 11 is 0. The molecule has 0 aromatic carbocycles. The molecule has 0 aromatic rings. The Hall–Kier alpha value is -0.830. The predicted molar refractivity (Wildman–Crippen MR) is 69.6 cm³/mol. The molecular weight excluding hydrogens is 216 g/mol. The highest BCUT2D eigenvalue weighted by atomic mass is 16.5. The number of carbonyl (C=O) groups excluding carboxylic acids is 1. The lowest BCUT2D eigenvalue weighted by Gasteiger charge is -2.26. The van der Waals surface area contributed by atoms with Gasteiger partial charge >= 0.3 is 5.97 Å². The molecule has 2 atom stereocenters. The van der Waals surface area contributed by atoms with Crippen LogP contribution in [0.4, 0.5) is 0 Å². The second-order valence-corrected chi connectivity index (χ2v) is 4.85. The summed E-state index contributed by atoms with van der Waals surface area (Å²) in [4.78, 5) is 11.9. The molecule has 0 fully saturated rings. The normalized spacial score (nSPS) is 16.1. The molecule has 0 amide bonds. The summed E-state index contributed by atoms with van der Waals surface area (Å²) in [6.07, 6.45) is 2.65. The SMILES string of the molecule is C=C(C)OC(=O)[C@](C)(CC)CCOC(C)CC. The van der Waals surface area contributed by atoms with Gasteiger partial charge in [0.2, 0.25) is 0 Å². The molecule has 0 spiro atoms. The Balaban J connectivity index is 4.27. The third-order valence-electron chi connectivity index (χ3n) is 3.17. The van der Waals surface area contributed by atoms with E-state index in [-0.39, 0.29) is 12.1 Å². The van der Waals surface area contributed by atoms with Gasteiger partial charge in [-0.25, -0.2) is 0 Å². The van der Waals surface area contributed by atoms with E-state index in [1.807, 2.05) is 20.8 Å². The Morgan fingerprint density at radius 2 is 2.00 bits per heavy atom. The Morgan fingerprint density at radius 1 is 1.41 bits per heavy atom. The van der Waals surface area contributed by atoms with Crippen molar-refractivity contribution in [1.82, 2.24) is 0 Å². The van der Waals surface area contributed by atoms with Crippen molar-refractivity contribution in [3.63, 3.8) is 0 Å². The average Bonchev–Trinajstić information content (AvgIpc) is 2.27. The van der Waals surface area contributed by atoms with E-state index in [9.17, 15) is 4.79 Å². The van der Waals surface area contributed by atoms with Crippen LogP contribution in [0.1, 0.15) is 53.9 Å². The highest BCUT2D eigenvalue weighted by Crippen LogP contribution is 2.28. The molecule has 1 unspecified atom stereocenters. The van der Waals surface area contributed by atoms with Crippen molar-refractivity contribution in [3.8, 4) is 0 Å². The number of allylic oxidation sites excluding steroid dienone is 1. The quantitative estimate of drug-likeness (QED) is 0.481. The molecule has 100 valence electrons. The van der Waals surface area contributed by atoms with Crippen molar-refractivity contribution >= 4 is 5.97 Å². The van der Waals surface area contributed by atoms with Crippen LogP contribution in [-0.2, 0) is 14.3 Å². The van der Waals surface area contributed by atoms with E-state index >= 15 is 0 Å². The van der Waals surface area contributed by atoms with Crippen molar-refractivity contribution < 1.29 is 14.3 Å². The second kappa shape index (κ2) is 7.49. The minimum Gasteiger partial charge on any atom is -0.432 e. The molecule has 0 aliphatic rings. The Bertz CT molecular complexity index is 260. The van der Waals surface area contributed by atoms with Gasteiger partial charge in [0.25, 0.3) is 0 Å². The van der Waals surface area contributed by atoms with Crippen LogP contribution in [-0.4, -0.2) is 18.7 Å². The summed E-state index contributed by atoms with van der Waals surface area (Å²) in [5.74, 6) is 0.234. The molecule has 0 N–H and O–H groups in total. The first-order valence-electron chi connectivity index (χ1n) is 6.35. The maximum absolute atomic E-state index is 11.9. The van der Waals surface area contributed by atoms with Gasteiger partial charge in [-0.15, -0.1) is 0 Å². The topological polar surface area (TPSA) is 35.5 Å². The van der Waals surface area contributed by atoms with Crippen molar-refractivity contribution in [1.29, 1.82) is 0 Å². The van der Waals surface area contributed by atoms with Crippen LogP contribution < -0.4 is 0 Å². The lowest BCUT2D eigenvalue weighted by Crippen LogP contribution is -2.30. The van der Waals surface area contributed by atoms with Crippen LogP contribution in [0.3, 0.4) is 0 Å². The fourth-order valence-corrected chi connectivity index (χ4v) is 1.31. The van der Waals surface area contributed by atoms with E-state index < -0.39 is 5.41 Å². The second-order valence-electron chi connectivity index (χ2n) is 4.85. The van der Waals surface area contributed by atoms with Crippen LogP contribution in [0, 0.1) is 5.41 Å². The number of hydrogen-bond acceptors (Lipinski definition) is 3. The summed E-state index contributed by atoms with van der Waals surface area (Å²) in [5, 5.41) is 0. The summed E-state index contributed by atoms with van der Waals surface area (Å²) in [6, 6.07) is 0. The molecule has 0 saturated carbocycles. The highest BCUT2D eigenvalue weighted by Gasteiger charge is 2.33. The van der Waals surface area contributed by atoms with Crippen LogP contribution in [0.2, 0.25) is 0 Å². The number of carbonyl (C=O) groups is 1. The van der Waals surface area contributed by atoms with E-state index in [0.29, 0.717) is 18.8 Å². The van der Waals surface area contributed by atoms with E-state index in [1.54, 1.807) is 6.92 Å². The average molecular weight is 242 g/mol. The number of esters is 1. The van der Waals surface area contributed by atoms with Gasteiger partial charge in [0.05, 0.1) is 17.3 Å². The lowest BCUT2D eigenvalue weighted by molar-refractivity contribution is -0.152. The zero-order valence-electron chi connectivity index (χ0n) is 11.8. The lowest BCUT2D eigenvalue weighted by atomic mass is 9.84. The van der Waals surface area contributed by atoms with Crippen LogP contribution in [0.15, 0.2) is 12.3 Å². The first-order valence-corrected chi connectivity index (χ1v) is 6.35. The summed E-state index contributed by atoms with van der Waals surface area (Å²) in [6.45, 7) is 13.9. The Morgan fingerprint density at radius 3 is 2.41 bits per heavy atom. The third-order valence-corrected chi connectivity index (χ3v) is 3.17. The summed E-state index contributed by atoms with van der Waals surface area (Å²) in [7, 11) is 0. The van der Waals surface area contributed by atoms with Crippen LogP contribution in [0.5, 0.6) is 0 Å². The fourth-order valence-electron chi connectivity index (χ4n) is 1.31. The smallest absolute Gasteiger partial charge is 0.316 e. The third kappa shape index (κ3) is 5.87. The molecule has 0 heterocycles. The van der Waals surface area contributed by atoms with Gasteiger partial charge in [-0.1, -0.05) is 20.4 Å². The van der Waals surface area contributed by atoms with Crippen LogP contribution in [0.25, 0.3) is 0 Å². The van der Waals surface area contributed by atoms with Gasteiger partial charge in [0.15, 0.2) is 0 Å². The van der Waals surface area contributed by atoms with Crippen molar-refractivity contribution in [2.24, 2.45) is 5.41 Å². The first kappa shape index (κ1) is 16.2. The molecule has 0 aliphatic heterocycles. The molecule has 0 aromatic heterocycles. The van der Waals surface area contributed by atoms with Crippen LogP contribution >= 0.6 is 0 Å². The summed E-state index contributed by atoms with van der Waals surface area (Å²) in [5.41, 5.74) is -0.480. The van der Waals surface area contributed by atoms with Crippen molar-refractivity contribution in [2.45, 2.75) is 60.0 Å². The van der Waals surface area contributed by atoms with E-state index in [1.165, 1.54) is 0 Å². The van der Waals surface area contributed by atoms with Gasteiger partial charge in [-0.3, -0.25) is 4.79 Å². The molecule has 0 saturated heterocycles. The van der Waals surface area contributed by atoms with Gasteiger partial charge in [-0.2, -0.15) is 0 Å². The Labute approximate surface area is 105 Å². The van der Waals surface area contributed by atoms with Gasteiger partial charge in [0.1, 0.15) is 0 Å². The molecule has 0 aliphatic carbocycles. The molecular formula is C14H26O3. The molecule has 3 nitrogen and oxygen atoms in total. The number of ether oxygens (including phenoxy) is 2. The van der Waals surface area contributed by atoms with Gasteiger partial charge in [-0.05, 0) is 40.0 Å². The Kier molecular flexibility index (Phi) is 7.12. The first-order chi connectivity index (χ1) is 7.85. The molecule has 0 rings (SSSR count). The molecule has 3 heteroatoms. The summed E-state index contributed by atoms with van der Waals surface area (Å²) < 4.78 is 10.7. The van der Waals surface area contributed by atoms with E-state index in [2.05, 4.69) is 13.5 Å².